The van der Waals surface area contributed by atoms with E-state index in [1.165, 1.54) is 108 Å². The van der Waals surface area contributed by atoms with Crippen LogP contribution in [-0.2, 0) is 0 Å². The Morgan fingerprint density at radius 2 is 0.308 bits per heavy atom. The van der Waals surface area contributed by atoms with E-state index in [9.17, 15) is 0 Å². The smallest absolute Gasteiger partial charge is 0.0737 e. The van der Waals surface area contributed by atoms with E-state index in [-0.39, 0.29) is 0 Å². The average molecular weight is 1320 g/mol. The zero-order valence-electron chi connectivity index (χ0n) is 56.5. The van der Waals surface area contributed by atoms with Crippen LogP contribution in [0.4, 0.5) is 0 Å². The minimum atomic E-state index is 0.847. The zero-order chi connectivity index (χ0) is 68.3. The van der Waals surface area contributed by atoms with Crippen LogP contribution in [-0.4, -0.2) is 19.9 Å². The van der Waals surface area contributed by atoms with E-state index in [2.05, 4.69) is 374 Å². The van der Waals surface area contributed by atoms with Gasteiger partial charge in [0.1, 0.15) is 0 Å². The Morgan fingerprint density at radius 1 is 0.154 bits per heavy atom. The Morgan fingerprint density at radius 3 is 0.481 bits per heavy atom. The van der Waals surface area contributed by atoms with Gasteiger partial charge < -0.3 is 9.97 Å². The second-order valence-corrected chi connectivity index (χ2v) is 27.6. The van der Waals surface area contributed by atoms with Crippen molar-refractivity contribution >= 4 is 133 Å². The molecule has 21 rings (SSSR count). The van der Waals surface area contributed by atoms with Gasteiger partial charge in [0.2, 0.25) is 0 Å². The van der Waals surface area contributed by atoms with Crippen molar-refractivity contribution in [3.63, 3.8) is 0 Å². The molecule has 4 nitrogen and oxygen atoms in total. The SMILES string of the molecule is C1=Cc2nc1c(-c1ccc(-c3c4ccccc4cc4ccccc34)cc1)c1ccc([nH]1)c(-c1ccc(-c3c4ccccc4cc4ccccc34)cc1)c1nc(c(-c3ccc(-c4c5ccccc5cc5ccccc45)cc3)c3ccc([nH]3)c2-c2ccc(-c3c4ccccc4cc4ccccc34)cc2)C=C1. The van der Waals surface area contributed by atoms with Crippen LogP contribution >= 0.6 is 0 Å². The van der Waals surface area contributed by atoms with Gasteiger partial charge in [-0.3, -0.25) is 0 Å². The standard InChI is InChI=1S/C100H62N4/c1-9-25-77-69(17-1)57-70-18-2-10-26-78(70)93(77)61-33-41-65(42-34-61)97-85-49-51-87(101-85)98(66-43-35-62(36-44-66)94-79-27-11-3-19-71(79)58-72-20-4-12-28-80(72)94)89-53-55-91(103-89)100(68-47-39-64(40-48-68)96-83-31-15-7-23-75(83)60-76-24-8-16-32-84(76)96)92-56-54-90(104-92)99(88-52-50-86(97)102-88)67-45-37-63(38-46-67)95-81-29-13-5-21-73(81)59-74-22-6-14-30-82(74)95/h1-60,101,104H. The number of fused-ring (bicyclic) bond motifs is 16. The predicted molar refractivity (Wildman–Crippen MR) is 442 cm³/mol. The maximum absolute atomic E-state index is 5.84. The van der Waals surface area contributed by atoms with Crippen molar-refractivity contribution in [2.24, 2.45) is 0 Å². The highest BCUT2D eigenvalue weighted by Crippen LogP contribution is 2.46. The summed E-state index contributed by atoms with van der Waals surface area (Å²) in [5, 5.41) is 19.5. The first-order valence-corrected chi connectivity index (χ1v) is 35.8. The van der Waals surface area contributed by atoms with E-state index >= 15 is 0 Å². The van der Waals surface area contributed by atoms with Gasteiger partial charge in [-0.25, -0.2) is 9.97 Å². The Bertz CT molecular complexity index is 5990. The minimum absolute atomic E-state index is 0.847. The summed E-state index contributed by atoms with van der Waals surface area (Å²) in [6.45, 7) is 0. The fourth-order valence-corrected chi connectivity index (χ4v) is 16.9. The van der Waals surface area contributed by atoms with E-state index in [1.807, 2.05) is 0 Å². The van der Waals surface area contributed by atoms with Gasteiger partial charge >= 0.3 is 0 Å². The lowest BCUT2D eigenvalue weighted by atomic mass is 9.91. The first kappa shape index (κ1) is 59.1. The molecule has 4 heteroatoms. The summed E-state index contributed by atoms with van der Waals surface area (Å²) in [5.41, 5.74) is 24.7. The third-order valence-corrected chi connectivity index (χ3v) is 21.7. The number of hydrogen-bond acceptors (Lipinski definition) is 2. The topological polar surface area (TPSA) is 57.4 Å². The van der Waals surface area contributed by atoms with Gasteiger partial charge in [-0.2, -0.15) is 0 Å². The number of H-pyrrole nitrogens is 2. The van der Waals surface area contributed by atoms with Crippen LogP contribution in [0.3, 0.4) is 0 Å². The van der Waals surface area contributed by atoms with Crippen LogP contribution in [0.1, 0.15) is 22.8 Å². The summed E-state index contributed by atoms with van der Waals surface area (Å²) in [7, 11) is 0. The molecule has 0 saturated carbocycles. The minimum Gasteiger partial charge on any atom is -0.354 e. The molecule has 3 aromatic heterocycles. The van der Waals surface area contributed by atoms with Crippen LogP contribution in [0.2, 0.25) is 0 Å². The molecule has 0 unspecified atom stereocenters. The molecule has 2 aliphatic rings. The highest BCUT2D eigenvalue weighted by Gasteiger charge is 2.23. The molecule has 482 valence electrons. The van der Waals surface area contributed by atoms with Crippen molar-refractivity contribution in [3.8, 4) is 89.0 Å². The molecule has 8 bridgehead atoms. The summed E-state index contributed by atoms with van der Waals surface area (Å²) in [4.78, 5) is 19.8. The zero-order valence-corrected chi connectivity index (χ0v) is 56.5. The van der Waals surface area contributed by atoms with Crippen molar-refractivity contribution in [3.05, 3.63) is 362 Å². The molecule has 19 aromatic rings. The maximum atomic E-state index is 5.84. The lowest BCUT2D eigenvalue weighted by Crippen LogP contribution is -1.91. The number of rotatable bonds is 8. The fraction of sp³-hybridized carbons (Fsp3) is 0. The van der Waals surface area contributed by atoms with Crippen LogP contribution in [0.5, 0.6) is 0 Å². The number of aromatic amines is 2. The van der Waals surface area contributed by atoms with Gasteiger partial charge in [0, 0.05) is 44.3 Å². The molecule has 0 saturated heterocycles. The highest BCUT2D eigenvalue weighted by atomic mass is 14.8. The van der Waals surface area contributed by atoms with Gasteiger partial charge in [-0.15, -0.1) is 0 Å². The first-order valence-electron chi connectivity index (χ1n) is 35.8. The van der Waals surface area contributed by atoms with Gasteiger partial charge in [-0.1, -0.05) is 291 Å². The van der Waals surface area contributed by atoms with Gasteiger partial charge in [0.25, 0.3) is 0 Å². The molecule has 5 heterocycles. The van der Waals surface area contributed by atoms with Crippen LogP contribution in [0.25, 0.3) is 222 Å². The second kappa shape index (κ2) is 24.0. The Kier molecular flexibility index (Phi) is 13.6. The van der Waals surface area contributed by atoms with E-state index in [0.29, 0.717) is 0 Å². The monoisotopic (exact) mass is 1320 g/mol. The van der Waals surface area contributed by atoms with Gasteiger partial charge in [0.05, 0.1) is 22.8 Å². The average Bonchev–Trinajstić information content (AvgIpc) is 1.69. The molecule has 0 aliphatic carbocycles. The normalized spacial score (nSPS) is 12.2. The van der Waals surface area contributed by atoms with E-state index in [4.69, 9.17) is 9.97 Å². The number of nitrogens with zero attached hydrogens (tertiary/aromatic N) is 2. The summed E-state index contributed by atoms with van der Waals surface area (Å²) in [6.07, 6.45) is 8.83. The first-order chi connectivity index (χ1) is 51.5. The lowest BCUT2D eigenvalue weighted by molar-refractivity contribution is 1.31. The molecule has 104 heavy (non-hydrogen) atoms. The van der Waals surface area contributed by atoms with Crippen molar-refractivity contribution < 1.29 is 0 Å². The van der Waals surface area contributed by atoms with Gasteiger partial charge in [-0.05, 0) is 226 Å². The van der Waals surface area contributed by atoms with E-state index in [0.717, 1.165) is 112 Å². The molecular weight excluding hydrogens is 1260 g/mol. The number of hydrogen-bond donors (Lipinski definition) is 2. The van der Waals surface area contributed by atoms with E-state index in [1.54, 1.807) is 0 Å². The Labute approximate surface area is 600 Å². The highest BCUT2D eigenvalue weighted by molar-refractivity contribution is 6.17. The summed E-state index contributed by atoms with van der Waals surface area (Å²) in [6, 6.07) is 125. The quantitative estimate of drug-likeness (QED) is 0.149. The van der Waals surface area contributed by atoms with Crippen LogP contribution in [0.15, 0.2) is 340 Å². The fourth-order valence-electron chi connectivity index (χ4n) is 16.9. The second-order valence-electron chi connectivity index (χ2n) is 27.6. The van der Waals surface area contributed by atoms with Crippen LogP contribution in [0, 0.1) is 0 Å². The van der Waals surface area contributed by atoms with Crippen LogP contribution < -0.4 is 0 Å². The lowest BCUT2D eigenvalue weighted by Gasteiger charge is -2.13. The number of benzene rings is 16. The Hall–Kier alpha value is -13.8. The van der Waals surface area contributed by atoms with Gasteiger partial charge in [0.15, 0.2) is 0 Å². The van der Waals surface area contributed by atoms with Crippen molar-refractivity contribution in [2.75, 3.05) is 0 Å². The van der Waals surface area contributed by atoms with Crippen molar-refractivity contribution in [1.82, 2.24) is 19.9 Å². The molecule has 0 amide bonds. The molecule has 0 fully saturated rings. The summed E-state index contributed by atoms with van der Waals surface area (Å²) in [5.74, 6) is 0. The molecule has 0 spiro atoms. The number of nitrogens with one attached hydrogen (secondary N) is 2. The largest absolute Gasteiger partial charge is 0.354 e. The van der Waals surface area contributed by atoms with Crippen molar-refractivity contribution in [1.29, 1.82) is 0 Å². The van der Waals surface area contributed by atoms with Crippen molar-refractivity contribution in [2.45, 2.75) is 0 Å². The number of aromatic nitrogens is 4. The summed E-state index contributed by atoms with van der Waals surface area (Å²) < 4.78 is 0. The molecule has 2 aliphatic heterocycles. The molecule has 0 atom stereocenters. The third-order valence-electron chi connectivity index (χ3n) is 21.7. The third kappa shape index (κ3) is 9.76. The molecule has 16 aromatic carbocycles. The molecule has 2 N–H and O–H groups in total. The Balaban J connectivity index is 0.817. The molecular formula is C100H62N4. The molecule has 0 radical (unpaired) electrons. The van der Waals surface area contributed by atoms with E-state index < -0.39 is 0 Å². The predicted octanol–water partition coefficient (Wildman–Crippen LogP) is 27.2. The summed E-state index contributed by atoms with van der Waals surface area (Å²) >= 11 is 0. The maximum Gasteiger partial charge on any atom is 0.0737 e.